The first-order valence-electron chi connectivity index (χ1n) is 5.69. The van der Waals surface area contributed by atoms with Crippen LogP contribution >= 0.6 is 46.3 Å². The average Bonchev–Trinajstić information content (AvgIpc) is 2.85. The predicted octanol–water partition coefficient (Wildman–Crippen LogP) is 5.18. The summed E-state index contributed by atoms with van der Waals surface area (Å²) in [6.07, 6.45) is 3.85. The maximum atomic E-state index is 9.04. The smallest absolute Gasteiger partial charge is 0.151 e. The monoisotopic (exact) mass is 455 g/mol. The van der Waals surface area contributed by atoms with Crippen molar-refractivity contribution >= 4 is 57.3 Å². The SMILES string of the molecule is N#Cc1cccc(-c2cn(SI)c3ncc(Br)cc23)c1. The maximum absolute atomic E-state index is 9.04. The lowest BCUT2D eigenvalue weighted by molar-refractivity contribution is 1.26. The first-order chi connectivity index (χ1) is 9.72. The second-order valence-corrected chi connectivity index (χ2v) is 6.78. The molecule has 3 aromatic rings. The molecule has 98 valence electrons. The molecule has 0 unspecified atom stereocenters. The minimum atomic E-state index is 0.661. The number of benzene rings is 1. The molecule has 0 aliphatic carbocycles. The molecule has 0 radical (unpaired) electrons. The van der Waals surface area contributed by atoms with Gasteiger partial charge in [0.1, 0.15) is 0 Å². The standard InChI is InChI=1S/C14H7BrIN3S/c15-11-5-12-13(8-19(20-16)14(12)18-7-11)10-3-1-2-9(4-10)6-17/h1-5,7-8H. The number of nitrogens with zero attached hydrogens (tertiary/aromatic N) is 3. The molecular formula is C14H7BrIN3S. The fourth-order valence-electron chi connectivity index (χ4n) is 2.09. The minimum absolute atomic E-state index is 0.661. The lowest BCUT2D eigenvalue weighted by Crippen LogP contribution is -1.82. The molecule has 6 heteroatoms. The molecule has 2 aromatic heterocycles. The minimum Gasteiger partial charge on any atom is -0.265 e. The van der Waals surface area contributed by atoms with Gasteiger partial charge in [-0.3, -0.25) is 3.97 Å². The highest BCUT2D eigenvalue weighted by Gasteiger charge is 2.12. The van der Waals surface area contributed by atoms with Gasteiger partial charge < -0.3 is 0 Å². The van der Waals surface area contributed by atoms with E-state index in [4.69, 9.17) is 5.26 Å². The number of rotatable bonds is 2. The first-order valence-corrected chi connectivity index (χ1v) is 9.80. The summed E-state index contributed by atoms with van der Waals surface area (Å²) in [5.41, 5.74) is 3.69. The molecule has 0 spiro atoms. The molecule has 0 amide bonds. The topological polar surface area (TPSA) is 41.6 Å². The zero-order valence-electron chi connectivity index (χ0n) is 10.0. The fraction of sp³-hybridized carbons (Fsp3) is 0. The largest absolute Gasteiger partial charge is 0.265 e. The highest BCUT2D eigenvalue weighted by molar-refractivity contribution is 14.2. The Hall–Kier alpha value is -1.04. The van der Waals surface area contributed by atoms with Gasteiger partial charge in [-0.25, -0.2) is 4.98 Å². The number of aromatic nitrogens is 2. The van der Waals surface area contributed by atoms with Gasteiger partial charge in [-0.2, -0.15) is 5.26 Å². The van der Waals surface area contributed by atoms with Crippen molar-refractivity contribution in [2.75, 3.05) is 0 Å². The summed E-state index contributed by atoms with van der Waals surface area (Å²) in [6, 6.07) is 11.9. The van der Waals surface area contributed by atoms with E-state index in [0.717, 1.165) is 26.6 Å². The van der Waals surface area contributed by atoms with Crippen LogP contribution in [0.5, 0.6) is 0 Å². The summed E-state index contributed by atoms with van der Waals surface area (Å²) in [4.78, 5) is 4.47. The molecule has 3 nitrogen and oxygen atoms in total. The summed E-state index contributed by atoms with van der Waals surface area (Å²) in [6.45, 7) is 0. The number of hydrogen-bond acceptors (Lipinski definition) is 3. The summed E-state index contributed by atoms with van der Waals surface area (Å²) < 4.78 is 2.97. The van der Waals surface area contributed by atoms with Gasteiger partial charge in [0.15, 0.2) is 5.65 Å². The van der Waals surface area contributed by atoms with E-state index in [-0.39, 0.29) is 0 Å². The fourth-order valence-corrected chi connectivity index (χ4v) is 3.68. The van der Waals surface area contributed by atoms with Crippen LogP contribution in [0.3, 0.4) is 0 Å². The van der Waals surface area contributed by atoms with E-state index >= 15 is 0 Å². The molecule has 0 saturated carbocycles. The Balaban J connectivity index is 2.30. The van der Waals surface area contributed by atoms with Crippen LogP contribution in [0.25, 0.3) is 22.2 Å². The van der Waals surface area contributed by atoms with Crippen LogP contribution in [-0.4, -0.2) is 8.96 Å². The Labute approximate surface area is 140 Å². The van der Waals surface area contributed by atoms with Crippen molar-refractivity contribution < 1.29 is 0 Å². The Morgan fingerprint density at radius 2 is 2.20 bits per heavy atom. The number of halogens is 2. The second-order valence-electron chi connectivity index (χ2n) is 4.15. The zero-order valence-corrected chi connectivity index (χ0v) is 14.6. The predicted molar refractivity (Wildman–Crippen MR) is 94.6 cm³/mol. The Bertz CT molecular complexity index is 838. The van der Waals surface area contributed by atoms with Crippen molar-refractivity contribution in [3.63, 3.8) is 0 Å². The molecular weight excluding hydrogens is 449 g/mol. The summed E-state index contributed by atoms with van der Waals surface area (Å²) in [7, 11) is 1.57. The van der Waals surface area contributed by atoms with Crippen LogP contribution in [0.1, 0.15) is 5.56 Å². The summed E-state index contributed by atoms with van der Waals surface area (Å²) in [5, 5.41) is 10.1. The lowest BCUT2D eigenvalue weighted by Gasteiger charge is -2.00. The van der Waals surface area contributed by atoms with E-state index in [1.54, 1.807) is 15.3 Å². The second kappa shape index (κ2) is 5.76. The van der Waals surface area contributed by atoms with Gasteiger partial charge in [-0.1, -0.05) is 12.1 Å². The molecule has 0 N–H and O–H groups in total. The molecule has 20 heavy (non-hydrogen) atoms. The van der Waals surface area contributed by atoms with Crippen LogP contribution in [0.15, 0.2) is 47.2 Å². The maximum Gasteiger partial charge on any atom is 0.151 e. The third kappa shape index (κ3) is 2.45. The van der Waals surface area contributed by atoms with Gasteiger partial charge in [-0.05, 0) is 39.7 Å². The molecule has 1 aromatic carbocycles. The molecule has 0 aliphatic rings. The van der Waals surface area contributed by atoms with Crippen LogP contribution in [0.2, 0.25) is 0 Å². The molecule has 0 fully saturated rings. The highest BCUT2D eigenvalue weighted by Crippen LogP contribution is 2.35. The Morgan fingerprint density at radius 1 is 1.35 bits per heavy atom. The van der Waals surface area contributed by atoms with E-state index < -0.39 is 0 Å². The van der Waals surface area contributed by atoms with E-state index in [9.17, 15) is 0 Å². The number of fused-ring (bicyclic) bond motifs is 1. The van der Waals surface area contributed by atoms with Crippen molar-refractivity contribution in [2.45, 2.75) is 0 Å². The highest BCUT2D eigenvalue weighted by atomic mass is 127. The van der Waals surface area contributed by atoms with Gasteiger partial charge in [0.2, 0.25) is 0 Å². The van der Waals surface area contributed by atoms with Gasteiger partial charge in [0.05, 0.1) is 11.6 Å². The first kappa shape index (κ1) is 13.9. The summed E-state index contributed by atoms with van der Waals surface area (Å²) in [5.74, 6) is 0. The average molecular weight is 456 g/mol. The molecule has 0 atom stereocenters. The van der Waals surface area contributed by atoms with Crippen molar-refractivity contribution in [2.24, 2.45) is 0 Å². The van der Waals surface area contributed by atoms with Gasteiger partial charge in [0.25, 0.3) is 0 Å². The van der Waals surface area contributed by atoms with Crippen molar-refractivity contribution in [3.05, 3.63) is 52.8 Å². The molecule has 0 bridgehead atoms. The van der Waals surface area contributed by atoms with Gasteiger partial charge in [0, 0.05) is 58.1 Å². The summed E-state index contributed by atoms with van der Waals surface area (Å²) >= 11 is 5.70. The Morgan fingerprint density at radius 3 is 2.95 bits per heavy atom. The number of hydrogen-bond donors (Lipinski definition) is 0. The number of pyridine rings is 1. The quantitative estimate of drug-likeness (QED) is 0.499. The van der Waals surface area contributed by atoms with Crippen LogP contribution in [-0.2, 0) is 0 Å². The van der Waals surface area contributed by atoms with Gasteiger partial charge in [-0.15, -0.1) is 0 Å². The van der Waals surface area contributed by atoms with Crippen LogP contribution < -0.4 is 0 Å². The number of nitriles is 1. The normalized spacial score (nSPS) is 10.7. The van der Waals surface area contributed by atoms with Crippen molar-refractivity contribution in [3.8, 4) is 17.2 Å². The van der Waals surface area contributed by atoms with E-state index in [1.807, 2.05) is 28.2 Å². The zero-order chi connectivity index (χ0) is 14.1. The van der Waals surface area contributed by atoms with Crippen LogP contribution in [0.4, 0.5) is 0 Å². The molecule has 3 rings (SSSR count). The van der Waals surface area contributed by atoms with Gasteiger partial charge >= 0.3 is 0 Å². The van der Waals surface area contributed by atoms with E-state index in [1.165, 1.54) is 0 Å². The third-order valence-corrected chi connectivity index (χ3v) is 5.09. The molecule has 0 saturated heterocycles. The van der Waals surface area contributed by atoms with Crippen LogP contribution in [0, 0.1) is 11.3 Å². The molecule has 0 aliphatic heterocycles. The van der Waals surface area contributed by atoms with Crippen molar-refractivity contribution in [1.82, 2.24) is 8.96 Å². The Kier molecular flexibility index (Phi) is 4.01. The van der Waals surface area contributed by atoms with Crippen molar-refractivity contribution in [1.29, 1.82) is 5.26 Å². The van der Waals surface area contributed by atoms with E-state index in [0.29, 0.717) is 5.56 Å². The lowest BCUT2D eigenvalue weighted by atomic mass is 10.0. The molecule has 2 heterocycles. The third-order valence-electron chi connectivity index (χ3n) is 2.96. The van der Waals surface area contributed by atoms with E-state index in [2.05, 4.69) is 60.5 Å².